The molecule has 1 saturated carbocycles. The fourth-order valence-electron chi connectivity index (χ4n) is 1.86. The first-order valence-corrected chi connectivity index (χ1v) is 5.44. The first-order chi connectivity index (χ1) is 7.21. The Bertz CT molecular complexity index is 404. The smallest absolute Gasteiger partial charge is 0.253 e. The second-order valence-corrected chi connectivity index (χ2v) is 4.21. The molecule has 0 unspecified atom stereocenters. The van der Waals surface area contributed by atoms with Gasteiger partial charge in [-0.1, -0.05) is 13.0 Å². The van der Waals surface area contributed by atoms with E-state index in [9.17, 15) is 4.79 Å². The van der Waals surface area contributed by atoms with Gasteiger partial charge in [-0.05, 0) is 25.3 Å². The second kappa shape index (κ2) is 3.81. The molecule has 0 spiro atoms. The molecule has 3 heteroatoms. The topological polar surface area (TPSA) is 31.2 Å². The number of aryl methyl sites for hydroxylation is 1. The van der Waals surface area contributed by atoms with Crippen LogP contribution in [0.4, 0.5) is 0 Å². The summed E-state index contributed by atoms with van der Waals surface area (Å²) in [6, 6.07) is 3.83. The minimum absolute atomic E-state index is 0.0593. The summed E-state index contributed by atoms with van der Waals surface area (Å²) in [5.74, 6) is 0. The van der Waals surface area contributed by atoms with Gasteiger partial charge in [0, 0.05) is 18.9 Å². The van der Waals surface area contributed by atoms with Crippen molar-refractivity contribution in [3.05, 3.63) is 34.2 Å². The molecule has 0 saturated heterocycles. The maximum absolute atomic E-state index is 11.9. The molecule has 82 valence electrons. The summed E-state index contributed by atoms with van der Waals surface area (Å²) in [6.45, 7) is 2.69. The van der Waals surface area contributed by atoms with Crippen LogP contribution in [-0.2, 0) is 17.7 Å². The number of rotatable bonds is 4. The minimum atomic E-state index is -0.0593. The van der Waals surface area contributed by atoms with E-state index in [2.05, 4.69) is 0 Å². The van der Waals surface area contributed by atoms with E-state index in [1.807, 2.05) is 25.3 Å². The van der Waals surface area contributed by atoms with Crippen LogP contribution in [0.25, 0.3) is 0 Å². The van der Waals surface area contributed by atoms with Gasteiger partial charge in [-0.15, -0.1) is 0 Å². The molecule has 0 radical (unpaired) electrons. The number of ether oxygens (including phenoxy) is 1. The lowest BCUT2D eigenvalue weighted by Gasteiger charge is -2.15. The Labute approximate surface area is 89.7 Å². The second-order valence-electron chi connectivity index (χ2n) is 4.21. The number of nitrogens with zero attached hydrogens (tertiary/aromatic N) is 1. The van der Waals surface area contributed by atoms with Gasteiger partial charge in [-0.2, -0.15) is 0 Å². The van der Waals surface area contributed by atoms with E-state index in [0.717, 1.165) is 24.8 Å². The summed E-state index contributed by atoms with van der Waals surface area (Å²) < 4.78 is 7.19. The van der Waals surface area contributed by atoms with Crippen molar-refractivity contribution in [3.8, 4) is 0 Å². The Balaban J connectivity index is 2.25. The molecule has 1 aromatic rings. The summed E-state index contributed by atoms with van der Waals surface area (Å²) in [5.41, 5.74) is 0.948. The monoisotopic (exact) mass is 207 g/mol. The Hall–Kier alpha value is -1.09. The van der Waals surface area contributed by atoms with Gasteiger partial charge in [0.2, 0.25) is 0 Å². The molecule has 1 fully saturated rings. The van der Waals surface area contributed by atoms with Gasteiger partial charge in [0.05, 0.1) is 12.1 Å². The van der Waals surface area contributed by atoms with Crippen molar-refractivity contribution in [3.63, 3.8) is 0 Å². The SMILES string of the molecule is CCc1cccn(CC2(OC)CC2)c1=O. The molecule has 0 aliphatic heterocycles. The van der Waals surface area contributed by atoms with Crippen molar-refractivity contribution in [2.45, 2.75) is 38.3 Å². The van der Waals surface area contributed by atoms with Gasteiger partial charge in [0.1, 0.15) is 0 Å². The third-order valence-corrected chi connectivity index (χ3v) is 3.18. The Morgan fingerprint density at radius 3 is 2.80 bits per heavy atom. The van der Waals surface area contributed by atoms with Gasteiger partial charge < -0.3 is 9.30 Å². The number of hydrogen-bond donors (Lipinski definition) is 0. The van der Waals surface area contributed by atoms with E-state index in [1.54, 1.807) is 11.7 Å². The molecule has 1 aromatic heterocycles. The fraction of sp³-hybridized carbons (Fsp3) is 0.583. The molecule has 0 bridgehead atoms. The maximum Gasteiger partial charge on any atom is 0.253 e. The van der Waals surface area contributed by atoms with Crippen LogP contribution >= 0.6 is 0 Å². The van der Waals surface area contributed by atoms with E-state index in [4.69, 9.17) is 4.74 Å². The summed E-state index contributed by atoms with van der Waals surface area (Å²) in [4.78, 5) is 11.9. The highest BCUT2D eigenvalue weighted by molar-refractivity contribution is 5.11. The number of aromatic nitrogens is 1. The van der Waals surface area contributed by atoms with Gasteiger partial charge in [-0.25, -0.2) is 0 Å². The largest absolute Gasteiger partial charge is 0.376 e. The highest BCUT2D eigenvalue weighted by Crippen LogP contribution is 2.39. The molecule has 2 rings (SSSR count). The molecular formula is C12H17NO2. The summed E-state index contributed by atoms with van der Waals surface area (Å²) in [5, 5.41) is 0. The Morgan fingerprint density at radius 2 is 2.27 bits per heavy atom. The maximum atomic E-state index is 11.9. The van der Waals surface area contributed by atoms with Crippen LogP contribution in [0.2, 0.25) is 0 Å². The standard InChI is InChI=1S/C12H17NO2/c1-3-10-5-4-8-13(11(10)14)9-12(15-2)6-7-12/h4-5,8H,3,6-7,9H2,1-2H3. The summed E-state index contributed by atoms with van der Waals surface area (Å²) >= 11 is 0. The average Bonchev–Trinajstić information content (AvgIpc) is 3.02. The van der Waals surface area contributed by atoms with Crippen molar-refractivity contribution in [2.24, 2.45) is 0 Å². The van der Waals surface area contributed by atoms with Crippen LogP contribution in [0.3, 0.4) is 0 Å². The lowest BCUT2D eigenvalue weighted by Crippen LogP contribution is -2.30. The molecule has 1 aliphatic carbocycles. The first kappa shape index (κ1) is 10.4. The number of methoxy groups -OCH3 is 1. The highest BCUT2D eigenvalue weighted by atomic mass is 16.5. The molecule has 3 nitrogen and oxygen atoms in total. The molecule has 15 heavy (non-hydrogen) atoms. The van der Waals surface area contributed by atoms with E-state index in [0.29, 0.717) is 6.54 Å². The highest BCUT2D eigenvalue weighted by Gasteiger charge is 2.43. The van der Waals surface area contributed by atoms with Gasteiger partial charge in [0.25, 0.3) is 5.56 Å². The molecule has 1 aliphatic rings. The van der Waals surface area contributed by atoms with Crippen molar-refractivity contribution >= 4 is 0 Å². The van der Waals surface area contributed by atoms with Gasteiger partial charge in [-0.3, -0.25) is 4.79 Å². The zero-order chi connectivity index (χ0) is 10.9. The van der Waals surface area contributed by atoms with Gasteiger partial charge in [0.15, 0.2) is 0 Å². The third kappa shape index (κ3) is 1.97. The van der Waals surface area contributed by atoms with E-state index < -0.39 is 0 Å². The molecule has 0 N–H and O–H groups in total. The zero-order valence-corrected chi connectivity index (χ0v) is 9.32. The number of pyridine rings is 1. The van der Waals surface area contributed by atoms with Crippen molar-refractivity contribution in [2.75, 3.05) is 7.11 Å². The van der Waals surface area contributed by atoms with Crippen LogP contribution < -0.4 is 5.56 Å². The third-order valence-electron chi connectivity index (χ3n) is 3.18. The zero-order valence-electron chi connectivity index (χ0n) is 9.32. The normalized spacial score (nSPS) is 17.7. The molecular weight excluding hydrogens is 190 g/mol. The predicted molar refractivity (Wildman–Crippen MR) is 59.1 cm³/mol. The molecule has 1 heterocycles. The summed E-state index contributed by atoms with van der Waals surface area (Å²) in [7, 11) is 1.72. The average molecular weight is 207 g/mol. The molecule has 0 aromatic carbocycles. The molecule has 0 amide bonds. The quantitative estimate of drug-likeness (QED) is 0.750. The van der Waals surface area contributed by atoms with E-state index >= 15 is 0 Å². The minimum Gasteiger partial charge on any atom is -0.376 e. The van der Waals surface area contributed by atoms with E-state index in [-0.39, 0.29) is 11.2 Å². The van der Waals surface area contributed by atoms with Crippen LogP contribution in [-0.4, -0.2) is 17.3 Å². The van der Waals surface area contributed by atoms with Crippen LogP contribution in [0, 0.1) is 0 Å². The Morgan fingerprint density at radius 1 is 1.53 bits per heavy atom. The van der Waals surface area contributed by atoms with Crippen molar-refractivity contribution in [1.82, 2.24) is 4.57 Å². The fourth-order valence-corrected chi connectivity index (χ4v) is 1.86. The predicted octanol–water partition coefficient (Wildman–Crippen LogP) is 1.59. The van der Waals surface area contributed by atoms with Crippen LogP contribution in [0.1, 0.15) is 25.3 Å². The lowest BCUT2D eigenvalue weighted by molar-refractivity contribution is 0.0642. The molecule has 0 atom stereocenters. The summed E-state index contributed by atoms with van der Waals surface area (Å²) in [6.07, 6.45) is 4.76. The Kier molecular flexibility index (Phi) is 2.65. The lowest BCUT2D eigenvalue weighted by atomic mass is 10.2. The van der Waals surface area contributed by atoms with Gasteiger partial charge >= 0.3 is 0 Å². The van der Waals surface area contributed by atoms with Crippen molar-refractivity contribution in [1.29, 1.82) is 0 Å². The van der Waals surface area contributed by atoms with Crippen LogP contribution in [0.5, 0.6) is 0 Å². The number of hydrogen-bond acceptors (Lipinski definition) is 2. The van der Waals surface area contributed by atoms with Crippen molar-refractivity contribution < 1.29 is 4.74 Å². The first-order valence-electron chi connectivity index (χ1n) is 5.44. The van der Waals surface area contributed by atoms with Crippen LogP contribution in [0.15, 0.2) is 23.1 Å². The van der Waals surface area contributed by atoms with E-state index in [1.165, 1.54) is 0 Å².